The molecule has 1 amide bonds. The first-order chi connectivity index (χ1) is 17.0. The van der Waals surface area contributed by atoms with E-state index >= 15 is 0 Å². The number of carbonyl (C=O) groups is 2. The van der Waals surface area contributed by atoms with Gasteiger partial charge in [-0.05, 0) is 48.7 Å². The second kappa shape index (κ2) is 8.53. The summed E-state index contributed by atoms with van der Waals surface area (Å²) in [6.45, 7) is 0.648. The number of imidazole rings is 1. The smallest absolute Gasteiger partial charge is 0.407 e. The van der Waals surface area contributed by atoms with Crippen molar-refractivity contribution in [3.8, 4) is 11.3 Å². The van der Waals surface area contributed by atoms with Gasteiger partial charge >= 0.3 is 6.09 Å². The molecule has 0 spiro atoms. The van der Waals surface area contributed by atoms with Crippen molar-refractivity contribution in [1.29, 1.82) is 0 Å². The van der Waals surface area contributed by atoms with Crippen molar-refractivity contribution < 1.29 is 14.3 Å². The highest BCUT2D eigenvalue weighted by Gasteiger charge is 2.41. The number of halogens is 1. The Morgan fingerprint density at radius 2 is 2.14 bits per heavy atom. The van der Waals surface area contributed by atoms with Crippen LogP contribution in [0, 0.1) is 0 Å². The number of rotatable bonds is 3. The van der Waals surface area contributed by atoms with Gasteiger partial charge in [0, 0.05) is 47.8 Å². The molecule has 4 heterocycles. The average molecular weight is 490 g/mol. The number of Topliss-reactive ketones (excluding diaryl/α,β-unsaturated/α-hetero) is 1. The van der Waals surface area contributed by atoms with Gasteiger partial charge in [0.2, 0.25) is 0 Å². The Hall–Kier alpha value is -3.65. The third-order valence-electron chi connectivity index (χ3n) is 7.16. The molecule has 2 N–H and O–H groups in total. The van der Waals surface area contributed by atoms with Crippen LogP contribution in [0.1, 0.15) is 41.8 Å². The third kappa shape index (κ3) is 3.87. The third-order valence-corrected chi connectivity index (χ3v) is 7.37. The van der Waals surface area contributed by atoms with E-state index in [1.54, 1.807) is 6.07 Å². The number of amides is 1. The van der Waals surface area contributed by atoms with Crippen molar-refractivity contribution in [3.05, 3.63) is 71.0 Å². The molecule has 6 rings (SSSR count). The Morgan fingerprint density at radius 3 is 3.00 bits per heavy atom. The highest BCUT2D eigenvalue weighted by atomic mass is 35.5. The van der Waals surface area contributed by atoms with E-state index in [1.807, 2.05) is 30.5 Å². The molecule has 3 aromatic heterocycles. The van der Waals surface area contributed by atoms with Crippen molar-refractivity contribution in [2.75, 3.05) is 7.11 Å². The van der Waals surface area contributed by atoms with E-state index in [4.69, 9.17) is 16.3 Å². The highest BCUT2D eigenvalue weighted by Crippen LogP contribution is 2.40. The summed E-state index contributed by atoms with van der Waals surface area (Å²) >= 11 is 6.01. The second-order valence-electron chi connectivity index (χ2n) is 9.23. The number of alkyl carbamates (subject to hydrolysis) is 1. The maximum absolute atomic E-state index is 13.5. The zero-order chi connectivity index (χ0) is 24.1. The van der Waals surface area contributed by atoms with Crippen LogP contribution in [0.2, 0.25) is 5.15 Å². The summed E-state index contributed by atoms with van der Waals surface area (Å²) in [5.74, 6) is 0.410. The lowest BCUT2D eigenvalue weighted by Gasteiger charge is -2.31. The first kappa shape index (κ1) is 21.9. The van der Waals surface area contributed by atoms with Gasteiger partial charge in [0.1, 0.15) is 16.8 Å². The number of benzene rings is 1. The van der Waals surface area contributed by atoms with Crippen LogP contribution in [0.15, 0.2) is 48.8 Å². The molecule has 0 saturated heterocycles. The van der Waals surface area contributed by atoms with Crippen molar-refractivity contribution in [1.82, 2.24) is 24.8 Å². The molecule has 2 aliphatic rings. The standard InChI is InChI=1S/C26H24ClN5O3/c1-35-26(34)31-19-6-2-14-8-9-32-13-17(11-21(33)23(19)24(14)32)25-28-12-20(30-25)16-3-5-18-15(10-16)4-7-22(27)29-18/h3-5,7-10,12,17,19,23H,2,6,11,13H2,1H3,(H,28,30)(H,31,34)/t17-,19-,23?/m0/s1. The van der Waals surface area contributed by atoms with Crippen LogP contribution in [0.3, 0.4) is 0 Å². The SMILES string of the molecule is COC(=O)N[C@H]1CCc2ccn3c2C1C(=O)C[C@H](c1ncc(-c2ccc4nc(Cl)ccc4c2)[nH]1)C3. The van der Waals surface area contributed by atoms with E-state index in [0.717, 1.165) is 40.1 Å². The lowest BCUT2D eigenvalue weighted by molar-refractivity contribution is -0.121. The minimum Gasteiger partial charge on any atom is -0.453 e. The Bertz CT molecular complexity index is 1460. The first-order valence-electron chi connectivity index (χ1n) is 11.7. The molecule has 1 aromatic carbocycles. The molecule has 4 aromatic rings. The van der Waals surface area contributed by atoms with Crippen LogP contribution in [-0.2, 0) is 22.5 Å². The molecule has 9 heteroatoms. The summed E-state index contributed by atoms with van der Waals surface area (Å²) in [5, 5.41) is 4.34. The van der Waals surface area contributed by atoms with Gasteiger partial charge in [-0.1, -0.05) is 17.7 Å². The van der Waals surface area contributed by atoms with Gasteiger partial charge in [0.25, 0.3) is 0 Å². The molecule has 0 radical (unpaired) electrons. The summed E-state index contributed by atoms with van der Waals surface area (Å²) in [6.07, 6.45) is 5.23. The molecule has 0 bridgehead atoms. The van der Waals surface area contributed by atoms with Gasteiger partial charge in [0.15, 0.2) is 0 Å². The number of aromatic amines is 1. The number of ketones is 1. The van der Waals surface area contributed by atoms with Crippen molar-refractivity contribution in [2.45, 2.75) is 43.7 Å². The second-order valence-corrected chi connectivity index (χ2v) is 9.62. The number of hydrogen-bond donors (Lipinski definition) is 2. The average Bonchev–Trinajstić information content (AvgIpc) is 3.47. The van der Waals surface area contributed by atoms with Gasteiger partial charge in [0.05, 0.1) is 30.4 Å². The predicted octanol–water partition coefficient (Wildman–Crippen LogP) is 4.59. The molecule has 1 unspecified atom stereocenters. The van der Waals surface area contributed by atoms with E-state index in [0.29, 0.717) is 24.5 Å². The molecular formula is C26H24ClN5O3. The number of nitrogens with zero attached hydrogens (tertiary/aromatic N) is 3. The fourth-order valence-electron chi connectivity index (χ4n) is 5.50. The van der Waals surface area contributed by atoms with Crippen LogP contribution in [0.4, 0.5) is 4.79 Å². The number of aryl methyl sites for hydroxylation is 1. The molecule has 1 aliphatic carbocycles. The van der Waals surface area contributed by atoms with Crippen LogP contribution >= 0.6 is 11.6 Å². The van der Waals surface area contributed by atoms with Gasteiger partial charge in [-0.2, -0.15) is 0 Å². The lowest BCUT2D eigenvalue weighted by Crippen LogP contribution is -2.44. The highest BCUT2D eigenvalue weighted by molar-refractivity contribution is 6.29. The van der Waals surface area contributed by atoms with E-state index < -0.39 is 6.09 Å². The Balaban J connectivity index is 1.30. The van der Waals surface area contributed by atoms with Gasteiger partial charge in [-0.3, -0.25) is 4.79 Å². The maximum atomic E-state index is 13.5. The van der Waals surface area contributed by atoms with Crippen LogP contribution < -0.4 is 5.32 Å². The number of carbonyl (C=O) groups excluding carboxylic acids is 2. The van der Waals surface area contributed by atoms with E-state index in [9.17, 15) is 9.59 Å². The van der Waals surface area contributed by atoms with Crippen LogP contribution in [0.5, 0.6) is 0 Å². The van der Waals surface area contributed by atoms with Crippen LogP contribution in [-0.4, -0.2) is 44.5 Å². The number of methoxy groups -OCH3 is 1. The Labute approximate surface area is 206 Å². The monoisotopic (exact) mass is 489 g/mol. The Kier molecular flexibility index (Phi) is 5.33. The fourth-order valence-corrected chi connectivity index (χ4v) is 5.66. The minimum atomic E-state index is -0.506. The van der Waals surface area contributed by atoms with Gasteiger partial charge in [-0.25, -0.2) is 14.8 Å². The summed E-state index contributed by atoms with van der Waals surface area (Å²) < 4.78 is 6.97. The predicted molar refractivity (Wildman–Crippen MR) is 132 cm³/mol. The van der Waals surface area contributed by atoms with Gasteiger partial charge in [-0.15, -0.1) is 0 Å². The topological polar surface area (TPSA) is 102 Å². The zero-order valence-electron chi connectivity index (χ0n) is 19.1. The van der Waals surface area contributed by atoms with E-state index in [1.165, 1.54) is 12.7 Å². The molecule has 8 nitrogen and oxygen atoms in total. The minimum absolute atomic E-state index is 0.0990. The summed E-state index contributed by atoms with van der Waals surface area (Å²) in [5.41, 5.74) is 4.89. The van der Waals surface area contributed by atoms with Crippen molar-refractivity contribution >= 4 is 34.4 Å². The quantitative estimate of drug-likeness (QED) is 0.410. The van der Waals surface area contributed by atoms with E-state index in [-0.39, 0.29) is 23.7 Å². The molecule has 0 fully saturated rings. The normalized spacial score (nSPS) is 21.4. The first-order valence-corrected chi connectivity index (χ1v) is 12.0. The summed E-state index contributed by atoms with van der Waals surface area (Å²) in [7, 11) is 1.34. The maximum Gasteiger partial charge on any atom is 0.407 e. The zero-order valence-corrected chi connectivity index (χ0v) is 19.9. The molecule has 3 atom stereocenters. The number of ether oxygens (including phenoxy) is 1. The number of hydrogen-bond acceptors (Lipinski definition) is 5. The molecule has 0 saturated carbocycles. The number of aromatic nitrogens is 4. The lowest BCUT2D eigenvalue weighted by atomic mass is 9.79. The largest absolute Gasteiger partial charge is 0.453 e. The number of nitrogens with one attached hydrogen (secondary N) is 2. The molecule has 1 aliphatic heterocycles. The molecular weight excluding hydrogens is 466 g/mol. The van der Waals surface area contributed by atoms with Crippen LogP contribution in [0.25, 0.3) is 22.2 Å². The Morgan fingerprint density at radius 1 is 1.26 bits per heavy atom. The van der Waals surface area contributed by atoms with Crippen molar-refractivity contribution in [2.24, 2.45) is 0 Å². The van der Waals surface area contributed by atoms with Gasteiger partial charge < -0.3 is 19.6 Å². The number of pyridine rings is 1. The van der Waals surface area contributed by atoms with Crippen molar-refractivity contribution in [3.63, 3.8) is 0 Å². The van der Waals surface area contributed by atoms with E-state index in [2.05, 4.69) is 37.1 Å². The summed E-state index contributed by atoms with van der Waals surface area (Å²) in [6, 6.07) is 11.5. The summed E-state index contributed by atoms with van der Waals surface area (Å²) in [4.78, 5) is 37.9. The fraction of sp³-hybridized carbons (Fsp3) is 0.308. The molecule has 35 heavy (non-hydrogen) atoms. The molecule has 178 valence electrons. The number of fused-ring (bicyclic) bond motifs is 1. The number of H-pyrrole nitrogens is 1.